The Kier molecular flexibility index (Phi) is 25.3. The van der Waals surface area contributed by atoms with Crippen LogP contribution in [0.2, 0.25) is 0 Å². The van der Waals surface area contributed by atoms with E-state index in [1.165, 1.54) is 89.9 Å². The molecule has 0 saturated heterocycles. The molecular weight excluding hydrogens is 333 g/mol. The fraction of sp³-hybridized carbons (Fsp3) is 0.864. The van der Waals surface area contributed by atoms with Crippen LogP contribution in [0, 0.1) is 0 Å². The average Bonchev–Trinajstić information content (AvgIpc) is 2.60. The van der Waals surface area contributed by atoms with Crippen LogP contribution in [0.25, 0.3) is 0 Å². The van der Waals surface area contributed by atoms with Gasteiger partial charge in [0, 0.05) is 6.04 Å². The van der Waals surface area contributed by atoms with E-state index in [9.17, 15) is 9.90 Å². The molecular formula is C22H42NNaO2. The van der Waals surface area contributed by atoms with E-state index in [2.05, 4.69) is 24.4 Å². The molecule has 1 N–H and O–H groups in total. The number of carboxylic acid groups (broad SMARTS) is 1. The van der Waals surface area contributed by atoms with Gasteiger partial charge in [-0.3, -0.25) is 0 Å². The van der Waals surface area contributed by atoms with Crippen molar-refractivity contribution in [1.82, 2.24) is 5.32 Å². The first-order valence-corrected chi connectivity index (χ1v) is 10.8. The van der Waals surface area contributed by atoms with Gasteiger partial charge in [0.15, 0.2) is 0 Å². The molecule has 0 radical (unpaired) electrons. The standard InChI is InChI=1S/C22H43NO2.Na/c1-3-4-5-6-7-8-9-10-11-12-13-14-15-16-17-18-19-20-23-21(2)22(24)25;/h10-11,21,23H,3-9,12-20H2,1-2H3,(H,24,25);/q;+1/p-1/b11-10-;/t21-;/m0./s1. The normalized spacial score (nSPS) is 12.2. The first kappa shape index (κ1) is 28.4. The van der Waals surface area contributed by atoms with Gasteiger partial charge in [-0.2, -0.15) is 0 Å². The molecule has 0 rings (SSSR count). The summed E-state index contributed by atoms with van der Waals surface area (Å²) >= 11 is 0. The molecule has 0 unspecified atom stereocenters. The van der Waals surface area contributed by atoms with Crippen molar-refractivity contribution < 1.29 is 39.5 Å². The fourth-order valence-corrected chi connectivity index (χ4v) is 2.95. The Balaban J connectivity index is 0. The van der Waals surface area contributed by atoms with Crippen LogP contribution >= 0.6 is 0 Å². The Morgan fingerprint density at radius 2 is 1.23 bits per heavy atom. The fourth-order valence-electron chi connectivity index (χ4n) is 2.95. The number of rotatable bonds is 19. The van der Waals surface area contributed by atoms with Crippen LogP contribution < -0.4 is 40.0 Å². The average molecular weight is 376 g/mol. The van der Waals surface area contributed by atoms with Crippen LogP contribution in [0.1, 0.15) is 110 Å². The van der Waals surface area contributed by atoms with Crippen molar-refractivity contribution >= 4 is 5.97 Å². The summed E-state index contributed by atoms with van der Waals surface area (Å²) < 4.78 is 0. The Morgan fingerprint density at radius 1 is 0.808 bits per heavy atom. The van der Waals surface area contributed by atoms with Gasteiger partial charge < -0.3 is 15.2 Å². The Hall–Kier alpha value is 0.170. The van der Waals surface area contributed by atoms with Crippen LogP contribution in [0.5, 0.6) is 0 Å². The summed E-state index contributed by atoms with van der Waals surface area (Å²) in [6, 6.07) is -0.533. The molecule has 0 aromatic heterocycles. The van der Waals surface area contributed by atoms with Crippen LogP contribution in [-0.2, 0) is 4.79 Å². The van der Waals surface area contributed by atoms with E-state index in [-0.39, 0.29) is 29.6 Å². The molecule has 0 aromatic rings. The molecule has 4 heteroatoms. The minimum absolute atomic E-state index is 0. The van der Waals surface area contributed by atoms with Gasteiger partial charge in [-0.15, -0.1) is 0 Å². The van der Waals surface area contributed by atoms with Crippen molar-refractivity contribution in [2.75, 3.05) is 6.54 Å². The zero-order valence-corrected chi connectivity index (χ0v) is 19.9. The summed E-state index contributed by atoms with van der Waals surface area (Å²) in [6.45, 7) is 4.68. The summed E-state index contributed by atoms with van der Waals surface area (Å²) in [5.74, 6) is -1.01. The first-order chi connectivity index (χ1) is 12.2. The van der Waals surface area contributed by atoms with E-state index in [0.29, 0.717) is 0 Å². The molecule has 1 atom stereocenters. The number of carbonyl (C=O) groups is 1. The van der Waals surface area contributed by atoms with Gasteiger partial charge in [-0.25, -0.2) is 0 Å². The van der Waals surface area contributed by atoms with Gasteiger partial charge in [-0.05, 0) is 45.6 Å². The second-order valence-electron chi connectivity index (χ2n) is 7.29. The molecule has 26 heavy (non-hydrogen) atoms. The van der Waals surface area contributed by atoms with Crippen LogP contribution in [0.4, 0.5) is 0 Å². The molecule has 148 valence electrons. The number of hydrogen-bond acceptors (Lipinski definition) is 3. The number of carbonyl (C=O) groups excluding carboxylic acids is 1. The summed E-state index contributed by atoms with van der Waals surface area (Å²) in [4.78, 5) is 10.5. The third-order valence-electron chi connectivity index (χ3n) is 4.74. The number of hydrogen-bond donors (Lipinski definition) is 1. The maximum absolute atomic E-state index is 10.5. The van der Waals surface area contributed by atoms with E-state index in [4.69, 9.17) is 0 Å². The number of unbranched alkanes of at least 4 members (excludes halogenated alkanes) is 13. The largest absolute Gasteiger partial charge is 1.00 e. The molecule has 0 aliphatic heterocycles. The van der Waals surface area contributed by atoms with E-state index < -0.39 is 12.0 Å². The zero-order chi connectivity index (χ0) is 18.6. The minimum Gasteiger partial charge on any atom is -0.548 e. The van der Waals surface area contributed by atoms with Crippen molar-refractivity contribution in [3.8, 4) is 0 Å². The van der Waals surface area contributed by atoms with E-state index in [1.807, 2.05) is 0 Å². The molecule has 0 saturated carbocycles. The number of carboxylic acids is 1. The summed E-state index contributed by atoms with van der Waals surface area (Å²) in [6.07, 6.45) is 24.3. The predicted molar refractivity (Wildman–Crippen MR) is 107 cm³/mol. The number of allylic oxidation sites excluding steroid dienone is 2. The number of aliphatic carboxylic acids is 1. The minimum atomic E-state index is -1.01. The van der Waals surface area contributed by atoms with Gasteiger partial charge in [0.25, 0.3) is 0 Å². The van der Waals surface area contributed by atoms with Crippen molar-refractivity contribution in [3.05, 3.63) is 12.2 Å². The quantitative estimate of drug-likeness (QED) is 0.214. The van der Waals surface area contributed by atoms with E-state index >= 15 is 0 Å². The maximum Gasteiger partial charge on any atom is 1.00 e. The van der Waals surface area contributed by atoms with Gasteiger partial charge in [0.2, 0.25) is 0 Å². The summed E-state index contributed by atoms with van der Waals surface area (Å²) in [5.41, 5.74) is 0. The molecule has 0 heterocycles. The van der Waals surface area contributed by atoms with Gasteiger partial charge in [0.05, 0.1) is 5.97 Å². The first-order valence-electron chi connectivity index (χ1n) is 10.8. The molecule has 0 amide bonds. The topological polar surface area (TPSA) is 52.2 Å². The van der Waals surface area contributed by atoms with E-state index in [0.717, 1.165) is 13.0 Å². The van der Waals surface area contributed by atoms with Crippen molar-refractivity contribution in [2.24, 2.45) is 0 Å². The Labute approximate surface area is 185 Å². The van der Waals surface area contributed by atoms with Crippen LogP contribution in [0.3, 0.4) is 0 Å². The van der Waals surface area contributed by atoms with E-state index in [1.54, 1.807) is 6.92 Å². The third-order valence-corrected chi connectivity index (χ3v) is 4.74. The molecule has 0 spiro atoms. The zero-order valence-electron chi connectivity index (χ0n) is 17.9. The third kappa shape index (κ3) is 22.2. The van der Waals surface area contributed by atoms with Gasteiger partial charge in [0.1, 0.15) is 0 Å². The second-order valence-corrected chi connectivity index (χ2v) is 7.29. The monoisotopic (exact) mass is 375 g/mol. The van der Waals surface area contributed by atoms with Crippen LogP contribution in [0.15, 0.2) is 12.2 Å². The summed E-state index contributed by atoms with van der Waals surface area (Å²) in [5, 5.41) is 13.5. The summed E-state index contributed by atoms with van der Waals surface area (Å²) in [7, 11) is 0. The van der Waals surface area contributed by atoms with Crippen LogP contribution in [-0.4, -0.2) is 18.6 Å². The van der Waals surface area contributed by atoms with Gasteiger partial charge >= 0.3 is 29.6 Å². The van der Waals surface area contributed by atoms with Crippen molar-refractivity contribution in [3.63, 3.8) is 0 Å². The second kappa shape index (κ2) is 23.2. The predicted octanol–water partition coefficient (Wildman–Crippen LogP) is 2.15. The molecule has 0 fully saturated rings. The smallest absolute Gasteiger partial charge is 0.548 e. The maximum atomic E-state index is 10.5. The Bertz CT molecular complexity index is 321. The molecule has 0 bridgehead atoms. The Morgan fingerprint density at radius 3 is 1.69 bits per heavy atom. The number of nitrogens with one attached hydrogen (secondary N) is 1. The molecule has 0 aromatic carbocycles. The molecule has 0 aliphatic rings. The molecule has 0 aliphatic carbocycles. The van der Waals surface area contributed by atoms with Crippen molar-refractivity contribution in [1.29, 1.82) is 0 Å². The SMILES string of the molecule is CCCCCCCC/C=C\CCCCCCCCCN[C@@H](C)C(=O)[O-].[Na+]. The van der Waals surface area contributed by atoms with Gasteiger partial charge in [-0.1, -0.05) is 83.3 Å². The van der Waals surface area contributed by atoms with Crippen molar-refractivity contribution in [2.45, 2.75) is 116 Å². The molecule has 3 nitrogen and oxygen atoms in total.